The number of benzene rings is 2. The lowest BCUT2D eigenvalue weighted by atomic mass is 9.56. The van der Waals surface area contributed by atoms with Gasteiger partial charge in [-0.3, -0.25) is 9.59 Å². The Morgan fingerprint density at radius 3 is 2.43 bits per heavy atom. The second kappa shape index (κ2) is 7.71. The number of H-pyrrole nitrogens is 1. The van der Waals surface area contributed by atoms with Crippen LogP contribution in [0.15, 0.2) is 42.5 Å². The minimum absolute atomic E-state index is 0.0461. The van der Waals surface area contributed by atoms with Crippen LogP contribution >= 0.6 is 0 Å². The Kier molecular flexibility index (Phi) is 4.93. The number of fused-ring (bicyclic) bond motifs is 8. The molecule has 2 aliphatic carbocycles. The Morgan fingerprint density at radius 1 is 1.00 bits per heavy atom. The number of rotatable bonds is 2. The average molecular weight is 471 g/mol. The van der Waals surface area contributed by atoms with Crippen LogP contribution in [0.25, 0.3) is 10.9 Å². The number of carbonyl (C=O) groups excluding carboxylic acids is 2. The molecule has 0 bridgehead atoms. The second-order valence-corrected chi connectivity index (χ2v) is 11.9. The molecule has 0 radical (unpaired) electrons. The maximum Gasteiger partial charge on any atom is 0.243 e. The molecular weight excluding hydrogens is 436 g/mol. The van der Waals surface area contributed by atoms with Crippen molar-refractivity contribution in [2.45, 2.75) is 58.8 Å². The number of nitrogens with one attached hydrogen (secondary N) is 1. The zero-order chi connectivity index (χ0) is 24.6. The molecule has 0 unspecified atom stereocenters. The Balaban J connectivity index is 1.51. The number of aromatic amines is 1. The molecule has 5 heteroatoms. The zero-order valence-electron chi connectivity index (χ0n) is 21.2. The van der Waals surface area contributed by atoms with E-state index in [9.17, 15) is 9.59 Å². The molecule has 2 amide bonds. The molecule has 182 valence electrons. The maximum absolute atomic E-state index is 14.1. The molecular formula is C30H34N2O3. The lowest BCUT2D eigenvalue weighted by Gasteiger charge is -2.47. The van der Waals surface area contributed by atoms with Crippen molar-refractivity contribution in [3.05, 3.63) is 59.3 Å². The normalized spacial score (nSPS) is 28.1. The van der Waals surface area contributed by atoms with Gasteiger partial charge >= 0.3 is 0 Å². The number of methoxy groups -OCH3 is 1. The topological polar surface area (TPSA) is 62.4 Å². The molecule has 35 heavy (non-hydrogen) atoms. The van der Waals surface area contributed by atoms with E-state index >= 15 is 0 Å². The lowest BCUT2D eigenvalue weighted by molar-refractivity contribution is -0.123. The van der Waals surface area contributed by atoms with Gasteiger partial charge in [0.25, 0.3) is 0 Å². The Hall–Kier alpha value is -3.08. The van der Waals surface area contributed by atoms with E-state index in [0.717, 1.165) is 30.5 Å². The second-order valence-electron chi connectivity index (χ2n) is 11.9. The van der Waals surface area contributed by atoms with E-state index in [4.69, 9.17) is 4.74 Å². The average Bonchev–Trinajstić information content (AvgIpc) is 3.32. The highest BCUT2D eigenvalue weighted by Gasteiger charge is 2.59. The maximum atomic E-state index is 14.1. The first kappa shape index (κ1) is 22.4. The van der Waals surface area contributed by atoms with Gasteiger partial charge in [-0.25, -0.2) is 4.90 Å². The molecule has 1 saturated heterocycles. The number of carbonyl (C=O) groups is 2. The Bertz CT molecular complexity index is 1330. The van der Waals surface area contributed by atoms with Gasteiger partial charge in [0, 0.05) is 16.6 Å². The highest BCUT2D eigenvalue weighted by Crippen LogP contribution is 2.60. The molecule has 1 N–H and O–H groups in total. The van der Waals surface area contributed by atoms with Gasteiger partial charge < -0.3 is 9.72 Å². The van der Waals surface area contributed by atoms with Gasteiger partial charge in [0.2, 0.25) is 11.8 Å². The number of amides is 2. The molecule has 6 rings (SSSR count). The van der Waals surface area contributed by atoms with E-state index in [0.29, 0.717) is 23.3 Å². The van der Waals surface area contributed by atoms with Crippen LogP contribution in [0.4, 0.5) is 5.69 Å². The molecule has 2 aromatic carbocycles. The Labute approximate surface area is 206 Å². The van der Waals surface area contributed by atoms with Crippen LogP contribution in [0.2, 0.25) is 0 Å². The summed E-state index contributed by atoms with van der Waals surface area (Å²) in [5.74, 6) is 0.796. The summed E-state index contributed by atoms with van der Waals surface area (Å²) in [5.41, 5.74) is 5.34. The minimum Gasteiger partial charge on any atom is -0.497 e. The fourth-order valence-corrected chi connectivity index (χ4v) is 7.16. The molecule has 2 fully saturated rings. The summed E-state index contributed by atoms with van der Waals surface area (Å²) < 4.78 is 5.29. The summed E-state index contributed by atoms with van der Waals surface area (Å²) in [6.45, 7) is 9.02. The van der Waals surface area contributed by atoms with Gasteiger partial charge in [-0.05, 0) is 90.8 Å². The van der Waals surface area contributed by atoms with E-state index in [2.05, 4.69) is 50.9 Å². The van der Waals surface area contributed by atoms with Crippen molar-refractivity contribution >= 4 is 28.4 Å². The molecule has 3 aromatic rings. The van der Waals surface area contributed by atoms with Crippen LogP contribution in [0.3, 0.4) is 0 Å². The zero-order valence-corrected chi connectivity index (χ0v) is 21.2. The van der Waals surface area contributed by atoms with Crippen LogP contribution in [-0.4, -0.2) is 23.9 Å². The van der Waals surface area contributed by atoms with Crippen molar-refractivity contribution in [3.8, 4) is 5.75 Å². The predicted octanol–water partition coefficient (Wildman–Crippen LogP) is 6.32. The Morgan fingerprint density at radius 2 is 1.74 bits per heavy atom. The number of aryl methyl sites for hydroxylation is 1. The van der Waals surface area contributed by atoms with Gasteiger partial charge in [0.15, 0.2) is 0 Å². The van der Waals surface area contributed by atoms with Crippen LogP contribution in [0.5, 0.6) is 5.75 Å². The molecule has 5 nitrogen and oxygen atoms in total. The van der Waals surface area contributed by atoms with Crippen molar-refractivity contribution in [2.24, 2.45) is 23.2 Å². The van der Waals surface area contributed by atoms with Crippen LogP contribution in [0.1, 0.15) is 68.7 Å². The van der Waals surface area contributed by atoms with Gasteiger partial charge in [0.1, 0.15) is 5.75 Å². The monoisotopic (exact) mass is 470 g/mol. The number of ether oxygens (including phenoxy) is 1. The highest BCUT2D eigenvalue weighted by atomic mass is 16.5. The van der Waals surface area contributed by atoms with Crippen LogP contribution in [-0.2, 0) is 9.59 Å². The van der Waals surface area contributed by atoms with Crippen LogP contribution in [0, 0.1) is 30.1 Å². The summed E-state index contributed by atoms with van der Waals surface area (Å²) in [4.78, 5) is 33.1. The first-order valence-corrected chi connectivity index (χ1v) is 12.8. The number of aromatic nitrogens is 1. The van der Waals surface area contributed by atoms with Crippen molar-refractivity contribution in [3.63, 3.8) is 0 Å². The predicted molar refractivity (Wildman–Crippen MR) is 138 cm³/mol. The first-order chi connectivity index (χ1) is 16.7. The standard InChI is InChI=1S/C30H34N2O3/c1-16-6-12-21-23(14-16)31-27-24(21)20-13-7-17(30(2,3)4)15-22(20)25-26(27)29(34)32(28(25)33)18-8-10-19(35-5)11-9-18/h6,8-12,14,17,20,22,25-26,31H,7,13,15H2,1-5H3/t17-,20-,22+,25-,26+/m1/s1. The summed E-state index contributed by atoms with van der Waals surface area (Å²) in [5, 5.41) is 1.22. The number of nitrogens with zero attached hydrogens (tertiary/aromatic N) is 1. The third-order valence-electron chi connectivity index (χ3n) is 8.97. The fourth-order valence-electron chi connectivity index (χ4n) is 7.16. The van der Waals surface area contributed by atoms with Crippen molar-refractivity contribution in [2.75, 3.05) is 12.0 Å². The van der Waals surface area contributed by atoms with E-state index < -0.39 is 5.92 Å². The lowest BCUT2D eigenvalue weighted by Crippen LogP contribution is -2.41. The van der Waals surface area contributed by atoms with Gasteiger partial charge in [-0.1, -0.05) is 32.9 Å². The molecule has 1 saturated carbocycles. The minimum atomic E-state index is -0.452. The van der Waals surface area contributed by atoms with E-state index in [-0.39, 0.29) is 29.1 Å². The van der Waals surface area contributed by atoms with Gasteiger partial charge in [-0.15, -0.1) is 0 Å². The molecule has 1 aliphatic heterocycles. The van der Waals surface area contributed by atoms with E-state index in [1.54, 1.807) is 7.11 Å². The molecule has 1 aromatic heterocycles. The number of anilines is 1. The van der Waals surface area contributed by atoms with Gasteiger partial charge in [-0.2, -0.15) is 0 Å². The highest BCUT2D eigenvalue weighted by molar-refractivity contribution is 6.24. The molecule has 2 heterocycles. The third-order valence-corrected chi connectivity index (χ3v) is 8.97. The number of hydrogen-bond acceptors (Lipinski definition) is 3. The van der Waals surface area contributed by atoms with Crippen LogP contribution < -0.4 is 9.64 Å². The molecule has 3 aliphatic rings. The van der Waals surface area contributed by atoms with Crippen molar-refractivity contribution < 1.29 is 14.3 Å². The van der Waals surface area contributed by atoms with Crippen molar-refractivity contribution in [1.82, 2.24) is 4.98 Å². The van der Waals surface area contributed by atoms with Gasteiger partial charge in [0.05, 0.1) is 24.6 Å². The third kappa shape index (κ3) is 3.27. The summed E-state index contributed by atoms with van der Waals surface area (Å²) >= 11 is 0. The van der Waals surface area contributed by atoms with E-state index in [1.807, 2.05) is 24.3 Å². The SMILES string of the molecule is COc1ccc(N2C(=O)[C@@H]3[C@H]4C[C@H](C(C)(C)C)CC[C@H]4c4c([nH]c5cc(C)ccc45)[C@H]3C2=O)cc1. The summed E-state index contributed by atoms with van der Waals surface area (Å²) in [6, 6.07) is 13.8. The molecule has 0 spiro atoms. The smallest absolute Gasteiger partial charge is 0.243 e. The first-order valence-electron chi connectivity index (χ1n) is 12.8. The van der Waals surface area contributed by atoms with Crippen molar-refractivity contribution in [1.29, 1.82) is 0 Å². The summed E-state index contributed by atoms with van der Waals surface area (Å²) in [6.07, 6.45) is 3.21. The fraction of sp³-hybridized carbons (Fsp3) is 0.467. The quantitative estimate of drug-likeness (QED) is 0.446. The summed E-state index contributed by atoms with van der Waals surface area (Å²) in [7, 11) is 1.61. The largest absolute Gasteiger partial charge is 0.497 e. The number of imide groups is 1. The van der Waals surface area contributed by atoms with E-state index in [1.165, 1.54) is 21.4 Å². The molecule has 5 atom stereocenters. The number of hydrogen-bond donors (Lipinski definition) is 1.